The molecule has 0 unspecified atom stereocenters. The summed E-state index contributed by atoms with van der Waals surface area (Å²) in [6, 6.07) is 4.50. The van der Waals surface area contributed by atoms with Gasteiger partial charge >= 0.3 is 0 Å². The number of hydrogen-bond acceptors (Lipinski definition) is 4. The van der Waals surface area contributed by atoms with Gasteiger partial charge in [-0.2, -0.15) is 0 Å². The number of hydrogen-bond donors (Lipinski definition) is 4. The van der Waals surface area contributed by atoms with Crippen LogP contribution in [0.3, 0.4) is 0 Å². The van der Waals surface area contributed by atoms with Crippen LogP contribution in [0.5, 0.6) is 5.75 Å². The molecule has 1 aromatic carbocycles. The second-order valence-electron chi connectivity index (χ2n) is 2.11. The van der Waals surface area contributed by atoms with Gasteiger partial charge < -0.3 is 21.3 Å². The van der Waals surface area contributed by atoms with Crippen molar-refractivity contribution in [3.05, 3.63) is 18.2 Å². The molecule has 0 saturated carbocycles. The number of aliphatic hydroxyl groups is 1. The average molecular weight is 154 g/mol. The van der Waals surface area contributed by atoms with Gasteiger partial charge in [-0.25, -0.2) is 0 Å². The van der Waals surface area contributed by atoms with Crippen LogP contribution < -0.4 is 11.1 Å². The first-order chi connectivity index (χ1) is 5.24. The van der Waals surface area contributed by atoms with Crippen LogP contribution in [0, 0.1) is 0 Å². The van der Waals surface area contributed by atoms with E-state index in [0.29, 0.717) is 11.4 Å². The molecule has 11 heavy (non-hydrogen) atoms. The summed E-state index contributed by atoms with van der Waals surface area (Å²) < 4.78 is 0. The summed E-state index contributed by atoms with van der Waals surface area (Å²) in [5, 5.41) is 20.1. The maximum Gasteiger partial charge on any atom is 0.117 e. The number of nitrogen functional groups attached to an aromatic ring is 1. The predicted octanol–water partition coefficient (Wildman–Crippen LogP) is 0.336. The Kier molecular flexibility index (Phi) is 2.18. The Morgan fingerprint density at radius 3 is 2.82 bits per heavy atom. The molecule has 0 aliphatic rings. The highest BCUT2D eigenvalue weighted by Crippen LogP contribution is 2.22. The molecule has 0 radical (unpaired) electrons. The van der Waals surface area contributed by atoms with E-state index >= 15 is 0 Å². The average Bonchev–Trinajstić information content (AvgIpc) is 1.98. The Hall–Kier alpha value is -1.42. The second kappa shape index (κ2) is 3.12. The van der Waals surface area contributed by atoms with E-state index in [9.17, 15) is 0 Å². The maximum absolute atomic E-state index is 8.99. The summed E-state index contributed by atoms with van der Waals surface area (Å²) in [5.74, 6) is 0.121. The summed E-state index contributed by atoms with van der Waals surface area (Å²) in [7, 11) is 0. The van der Waals surface area contributed by atoms with Crippen molar-refractivity contribution in [1.82, 2.24) is 0 Å². The Morgan fingerprint density at radius 1 is 1.45 bits per heavy atom. The van der Waals surface area contributed by atoms with Gasteiger partial charge in [-0.15, -0.1) is 0 Å². The van der Waals surface area contributed by atoms with Crippen LogP contribution in [-0.2, 0) is 0 Å². The first-order valence-corrected chi connectivity index (χ1v) is 3.17. The van der Waals surface area contributed by atoms with Crippen molar-refractivity contribution in [3.63, 3.8) is 0 Å². The molecule has 5 N–H and O–H groups in total. The molecule has 4 nitrogen and oxygen atoms in total. The van der Waals surface area contributed by atoms with Gasteiger partial charge in [0.2, 0.25) is 0 Å². The lowest BCUT2D eigenvalue weighted by atomic mass is 10.2. The third-order valence-electron chi connectivity index (χ3n) is 1.31. The monoisotopic (exact) mass is 154 g/mol. The van der Waals surface area contributed by atoms with E-state index in [1.807, 2.05) is 0 Å². The van der Waals surface area contributed by atoms with Gasteiger partial charge in [0.05, 0.1) is 11.4 Å². The molecule has 1 rings (SSSR count). The third-order valence-corrected chi connectivity index (χ3v) is 1.31. The summed E-state index contributed by atoms with van der Waals surface area (Å²) in [6.45, 7) is -0.201. The summed E-state index contributed by atoms with van der Waals surface area (Å²) in [5.41, 5.74) is 6.52. The first kappa shape index (κ1) is 7.68. The van der Waals surface area contributed by atoms with Crippen LogP contribution >= 0.6 is 0 Å². The van der Waals surface area contributed by atoms with Crippen molar-refractivity contribution in [2.24, 2.45) is 0 Å². The molecule has 0 fully saturated rings. The van der Waals surface area contributed by atoms with Crippen molar-refractivity contribution < 1.29 is 10.2 Å². The van der Waals surface area contributed by atoms with E-state index in [1.54, 1.807) is 6.07 Å². The zero-order valence-corrected chi connectivity index (χ0v) is 5.91. The maximum atomic E-state index is 8.99. The molecule has 4 heteroatoms. The SMILES string of the molecule is Nc1ccc(O)cc1NCO. The molecule has 0 atom stereocenters. The standard InChI is InChI=1S/C7H10N2O2/c8-6-2-1-5(11)3-7(6)9-4-10/h1-3,9-11H,4,8H2. The van der Waals surface area contributed by atoms with Crippen LogP contribution in [0.1, 0.15) is 0 Å². The highest BCUT2D eigenvalue weighted by molar-refractivity contribution is 5.67. The van der Waals surface area contributed by atoms with Crippen molar-refractivity contribution in [1.29, 1.82) is 0 Å². The Bertz CT molecular complexity index is 250. The zero-order chi connectivity index (χ0) is 8.27. The van der Waals surface area contributed by atoms with Gasteiger partial charge in [-0.1, -0.05) is 0 Å². The lowest BCUT2D eigenvalue weighted by Crippen LogP contribution is -2.02. The van der Waals surface area contributed by atoms with Crippen molar-refractivity contribution in [3.8, 4) is 5.75 Å². The van der Waals surface area contributed by atoms with E-state index < -0.39 is 0 Å². The fraction of sp³-hybridized carbons (Fsp3) is 0.143. The minimum absolute atomic E-state index is 0.121. The van der Waals surface area contributed by atoms with E-state index in [0.717, 1.165) is 0 Å². The normalized spacial score (nSPS) is 9.55. The number of aromatic hydroxyl groups is 1. The molecular formula is C7H10N2O2. The molecule has 0 aromatic heterocycles. The third kappa shape index (κ3) is 1.75. The smallest absolute Gasteiger partial charge is 0.117 e. The van der Waals surface area contributed by atoms with Gasteiger partial charge in [0.1, 0.15) is 12.5 Å². The number of aliphatic hydroxyl groups excluding tert-OH is 1. The first-order valence-electron chi connectivity index (χ1n) is 3.17. The molecule has 1 aromatic rings. The molecule has 0 bridgehead atoms. The zero-order valence-electron chi connectivity index (χ0n) is 5.91. The van der Waals surface area contributed by atoms with E-state index in [-0.39, 0.29) is 12.5 Å². The van der Waals surface area contributed by atoms with E-state index in [1.165, 1.54) is 12.1 Å². The molecule has 0 aliphatic heterocycles. The van der Waals surface area contributed by atoms with Crippen LogP contribution in [0.2, 0.25) is 0 Å². The fourth-order valence-corrected chi connectivity index (χ4v) is 0.783. The quantitative estimate of drug-likeness (QED) is 0.281. The lowest BCUT2D eigenvalue weighted by Gasteiger charge is -2.05. The van der Waals surface area contributed by atoms with Crippen molar-refractivity contribution >= 4 is 11.4 Å². The minimum Gasteiger partial charge on any atom is -0.508 e. The number of benzene rings is 1. The van der Waals surface area contributed by atoms with Crippen LogP contribution in [0.15, 0.2) is 18.2 Å². The summed E-state index contributed by atoms with van der Waals surface area (Å²) in [4.78, 5) is 0. The number of phenols is 1. The Balaban J connectivity index is 2.93. The second-order valence-corrected chi connectivity index (χ2v) is 2.11. The van der Waals surface area contributed by atoms with Crippen LogP contribution in [-0.4, -0.2) is 16.9 Å². The van der Waals surface area contributed by atoms with Crippen molar-refractivity contribution in [2.75, 3.05) is 17.8 Å². The van der Waals surface area contributed by atoms with E-state index in [2.05, 4.69) is 5.32 Å². The Morgan fingerprint density at radius 2 is 2.18 bits per heavy atom. The molecule has 0 spiro atoms. The topological polar surface area (TPSA) is 78.5 Å². The molecule has 0 aliphatic carbocycles. The van der Waals surface area contributed by atoms with Gasteiger partial charge in [0.15, 0.2) is 0 Å². The lowest BCUT2D eigenvalue weighted by molar-refractivity contribution is 0.325. The number of anilines is 2. The highest BCUT2D eigenvalue weighted by atomic mass is 16.3. The molecular weight excluding hydrogens is 144 g/mol. The van der Waals surface area contributed by atoms with Gasteiger partial charge in [-0.05, 0) is 12.1 Å². The number of phenolic OH excluding ortho intramolecular Hbond substituents is 1. The molecule has 0 saturated heterocycles. The van der Waals surface area contributed by atoms with Crippen LogP contribution in [0.25, 0.3) is 0 Å². The number of nitrogens with two attached hydrogens (primary N) is 1. The van der Waals surface area contributed by atoms with Crippen LogP contribution in [0.4, 0.5) is 11.4 Å². The Labute approximate surface area is 64.3 Å². The summed E-state index contributed by atoms with van der Waals surface area (Å²) >= 11 is 0. The highest BCUT2D eigenvalue weighted by Gasteiger charge is 1.97. The number of rotatable bonds is 2. The van der Waals surface area contributed by atoms with Gasteiger partial charge in [-0.3, -0.25) is 0 Å². The molecule has 60 valence electrons. The fourth-order valence-electron chi connectivity index (χ4n) is 0.783. The molecule has 0 heterocycles. The largest absolute Gasteiger partial charge is 0.508 e. The van der Waals surface area contributed by atoms with Gasteiger partial charge in [0, 0.05) is 6.07 Å². The summed E-state index contributed by atoms with van der Waals surface area (Å²) in [6.07, 6.45) is 0. The molecule has 0 amide bonds. The number of nitrogens with one attached hydrogen (secondary N) is 1. The van der Waals surface area contributed by atoms with E-state index in [4.69, 9.17) is 15.9 Å². The predicted molar refractivity (Wildman–Crippen MR) is 43.2 cm³/mol. The minimum atomic E-state index is -0.201. The van der Waals surface area contributed by atoms with Gasteiger partial charge in [0.25, 0.3) is 0 Å². The van der Waals surface area contributed by atoms with Crippen molar-refractivity contribution in [2.45, 2.75) is 0 Å².